The maximum Gasteiger partial charge on any atom is 0.248 e. The van der Waals surface area contributed by atoms with Crippen LogP contribution in [0, 0.1) is 11.7 Å². The third-order valence-electron chi connectivity index (χ3n) is 6.86. The van der Waals surface area contributed by atoms with Crippen LogP contribution >= 0.6 is 0 Å². The van der Waals surface area contributed by atoms with E-state index in [9.17, 15) is 18.0 Å². The van der Waals surface area contributed by atoms with Gasteiger partial charge in [0.2, 0.25) is 11.8 Å². The summed E-state index contributed by atoms with van der Waals surface area (Å²) in [5, 5.41) is 7.51. The highest BCUT2D eigenvalue weighted by Crippen LogP contribution is 2.45. The first-order valence-electron chi connectivity index (χ1n) is 11.2. The van der Waals surface area contributed by atoms with Gasteiger partial charge < -0.3 is 11.1 Å². The first kappa shape index (κ1) is 22.3. The van der Waals surface area contributed by atoms with Crippen molar-refractivity contribution in [3.05, 3.63) is 47.4 Å². The second kappa shape index (κ2) is 7.42. The van der Waals surface area contributed by atoms with Crippen molar-refractivity contribution in [3.8, 4) is 11.5 Å². The first-order valence-corrected chi connectivity index (χ1v) is 11.2. The van der Waals surface area contributed by atoms with Crippen molar-refractivity contribution in [2.45, 2.75) is 37.5 Å². The quantitative estimate of drug-likeness (QED) is 0.441. The Labute approximate surface area is 202 Å². The van der Waals surface area contributed by atoms with Crippen LogP contribution in [0.3, 0.4) is 0 Å². The molecular weight excluding hydrogens is 475 g/mol. The lowest BCUT2D eigenvalue weighted by Crippen LogP contribution is -2.36. The molecule has 2 aliphatic rings. The molecule has 0 radical (unpaired) electrons. The number of alkyl halides is 2. The van der Waals surface area contributed by atoms with Gasteiger partial charge in [-0.15, -0.1) is 0 Å². The summed E-state index contributed by atoms with van der Waals surface area (Å²) < 4.78 is 41.7. The minimum atomic E-state index is -2.65. The summed E-state index contributed by atoms with van der Waals surface area (Å²) in [6, 6.07) is 2.63. The van der Waals surface area contributed by atoms with Crippen LogP contribution in [0.5, 0.6) is 0 Å². The zero-order valence-electron chi connectivity index (χ0n) is 19.3. The molecule has 1 amide bonds. The number of pyridine rings is 1. The number of halogens is 3. The van der Waals surface area contributed by atoms with Gasteiger partial charge in [0.1, 0.15) is 34.4 Å². The molecule has 184 valence electrons. The van der Waals surface area contributed by atoms with Gasteiger partial charge in [-0.2, -0.15) is 5.10 Å². The molecule has 6 rings (SSSR count). The maximum atomic E-state index is 13.4. The fraction of sp³-hybridized carbons (Fsp3) is 0.348. The van der Waals surface area contributed by atoms with Crippen molar-refractivity contribution in [1.29, 1.82) is 0 Å². The molecule has 1 saturated carbocycles. The van der Waals surface area contributed by atoms with Crippen LogP contribution in [0.1, 0.15) is 36.8 Å². The van der Waals surface area contributed by atoms with Gasteiger partial charge >= 0.3 is 0 Å². The van der Waals surface area contributed by atoms with E-state index in [1.807, 2.05) is 0 Å². The summed E-state index contributed by atoms with van der Waals surface area (Å²) in [5.41, 5.74) is 6.45. The van der Waals surface area contributed by atoms with Crippen molar-refractivity contribution in [2.24, 2.45) is 13.0 Å². The number of nitrogens with zero attached hydrogens (tertiary/aromatic N) is 7. The van der Waals surface area contributed by atoms with Gasteiger partial charge in [0.15, 0.2) is 11.5 Å². The van der Waals surface area contributed by atoms with E-state index in [1.54, 1.807) is 24.9 Å². The smallest absolute Gasteiger partial charge is 0.248 e. The lowest BCUT2D eigenvalue weighted by Gasteiger charge is -2.34. The Kier molecular flexibility index (Phi) is 4.60. The van der Waals surface area contributed by atoms with Crippen LogP contribution in [0.4, 0.5) is 24.8 Å². The van der Waals surface area contributed by atoms with Crippen molar-refractivity contribution in [2.75, 3.05) is 11.1 Å². The van der Waals surface area contributed by atoms with Crippen LogP contribution < -0.4 is 11.1 Å². The molecule has 3 N–H and O–H groups in total. The van der Waals surface area contributed by atoms with E-state index in [-0.39, 0.29) is 42.6 Å². The molecule has 1 aliphatic carbocycles. The number of rotatable bonds is 4. The summed E-state index contributed by atoms with van der Waals surface area (Å²) in [6.45, 7) is 1.62. The van der Waals surface area contributed by atoms with E-state index in [4.69, 9.17) is 5.73 Å². The number of aryl methyl sites for hydroxylation is 1. The van der Waals surface area contributed by atoms with Gasteiger partial charge in [-0.25, -0.2) is 33.1 Å². The second-order valence-electron chi connectivity index (χ2n) is 9.43. The largest absolute Gasteiger partial charge is 0.383 e. The highest BCUT2D eigenvalue weighted by molar-refractivity contribution is 6.09. The summed E-state index contributed by atoms with van der Waals surface area (Å²) in [7, 11) is 1.71. The predicted octanol–water partition coefficient (Wildman–Crippen LogP) is 2.78. The molecule has 1 atom stereocenters. The molecule has 5 heterocycles. The molecule has 4 aromatic rings. The van der Waals surface area contributed by atoms with Gasteiger partial charge in [0.25, 0.3) is 0 Å². The first-order chi connectivity index (χ1) is 17.0. The second-order valence-corrected chi connectivity index (χ2v) is 9.43. The van der Waals surface area contributed by atoms with Crippen molar-refractivity contribution in [1.82, 2.24) is 34.7 Å². The molecule has 10 nitrogen and oxygen atoms in total. The monoisotopic (exact) mass is 495 g/mol. The SMILES string of the molecule is Cn1ncc2c(-c3nc(N)c4c(n3)NC(=O)C4(C)c3ccc(F)cn3)nc(CC3CC(F)(F)C3)nc21. The van der Waals surface area contributed by atoms with Crippen LogP contribution in [-0.4, -0.2) is 46.5 Å². The number of fused-ring (bicyclic) bond motifs is 2. The molecule has 36 heavy (non-hydrogen) atoms. The van der Waals surface area contributed by atoms with Crippen LogP contribution in [0.25, 0.3) is 22.6 Å². The number of anilines is 2. The zero-order chi connectivity index (χ0) is 25.4. The fourth-order valence-electron chi connectivity index (χ4n) is 4.95. The Bertz CT molecular complexity index is 1540. The molecule has 1 unspecified atom stereocenters. The standard InChI is InChI=1S/C23H20F3N9O/c1-22(13-4-3-11(24)8-28-13)15-17(27)32-19(33-18(15)34-21(22)36)16-12-9-29-35(2)20(12)31-14(30-16)5-10-6-23(25,26)7-10/h3-4,8-10H,5-7H2,1-2H3,(H3,27,32,33,34,36). The van der Waals surface area contributed by atoms with E-state index in [1.165, 1.54) is 12.1 Å². The number of aromatic nitrogens is 7. The van der Waals surface area contributed by atoms with Gasteiger partial charge in [0, 0.05) is 26.3 Å². The van der Waals surface area contributed by atoms with Gasteiger partial charge in [-0.1, -0.05) is 0 Å². The molecule has 0 aromatic carbocycles. The summed E-state index contributed by atoms with van der Waals surface area (Å²) in [4.78, 5) is 35.2. The summed E-state index contributed by atoms with van der Waals surface area (Å²) in [5.74, 6) is -3.14. The molecule has 0 saturated heterocycles. The fourth-order valence-corrected chi connectivity index (χ4v) is 4.95. The van der Waals surface area contributed by atoms with Crippen molar-refractivity contribution >= 4 is 28.6 Å². The number of nitrogens with two attached hydrogens (primary N) is 1. The topological polar surface area (TPSA) is 137 Å². The molecular formula is C23H20F3N9O. The molecule has 0 spiro atoms. The molecule has 13 heteroatoms. The predicted molar refractivity (Wildman–Crippen MR) is 122 cm³/mol. The average Bonchev–Trinajstić information content (AvgIpc) is 3.30. The average molecular weight is 495 g/mol. The Hall–Kier alpha value is -4.16. The third-order valence-corrected chi connectivity index (χ3v) is 6.86. The van der Waals surface area contributed by atoms with Crippen molar-refractivity contribution < 1.29 is 18.0 Å². The van der Waals surface area contributed by atoms with Crippen LogP contribution in [0.2, 0.25) is 0 Å². The Morgan fingerprint density at radius 3 is 2.64 bits per heavy atom. The lowest BCUT2D eigenvalue weighted by molar-refractivity contribution is -0.119. The van der Waals surface area contributed by atoms with Crippen LogP contribution in [-0.2, 0) is 23.7 Å². The number of nitrogen functional groups attached to an aromatic ring is 1. The van der Waals surface area contributed by atoms with E-state index >= 15 is 0 Å². The van der Waals surface area contributed by atoms with Gasteiger partial charge in [-0.3, -0.25) is 14.5 Å². The summed E-state index contributed by atoms with van der Waals surface area (Å²) >= 11 is 0. The lowest BCUT2D eigenvalue weighted by atomic mass is 9.79. The third kappa shape index (κ3) is 3.29. The number of carbonyl (C=O) groups excluding carboxylic acids is 1. The Morgan fingerprint density at radius 1 is 1.17 bits per heavy atom. The highest BCUT2D eigenvalue weighted by atomic mass is 19.3. The van der Waals surface area contributed by atoms with E-state index in [0.717, 1.165) is 6.20 Å². The normalized spacial score (nSPS) is 20.9. The Balaban J connectivity index is 1.46. The zero-order valence-corrected chi connectivity index (χ0v) is 19.3. The number of hydrogen-bond acceptors (Lipinski definition) is 8. The summed E-state index contributed by atoms with van der Waals surface area (Å²) in [6.07, 6.45) is 2.44. The number of amides is 1. The van der Waals surface area contributed by atoms with E-state index in [2.05, 4.69) is 35.3 Å². The van der Waals surface area contributed by atoms with Crippen LogP contribution in [0.15, 0.2) is 24.5 Å². The molecule has 0 bridgehead atoms. The van der Waals surface area contributed by atoms with Crippen molar-refractivity contribution in [3.63, 3.8) is 0 Å². The number of hydrogen-bond donors (Lipinski definition) is 2. The minimum absolute atomic E-state index is 0.0258. The Morgan fingerprint density at radius 2 is 1.94 bits per heavy atom. The highest BCUT2D eigenvalue weighted by Gasteiger charge is 2.49. The number of carbonyl (C=O) groups is 1. The molecule has 4 aromatic heterocycles. The van der Waals surface area contributed by atoms with E-state index < -0.39 is 23.1 Å². The van der Waals surface area contributed by atoms with Gasteiger partial charge in [-0.05, 0) is 25.0 Å². The van der Waals surface area contributed by atoms with Gasteiger partial charge in [0.05, 0.1) is 29.0 Å². The van der Waals surface area contributed by atoms with E-state index in [0.29, 0.717) is 33.8 Å². The minimum Gasteiger partial charge on any atom is -0.383 e. The molecule has 1 fully saturated rings. The number of nitrogens with one attached hydrogen (secondary N) is 1. The molecule has 1 aliphatic heterocycles. The maximum absolute atomic E-state index is 13.4.